The molecule has 0 spiro atoms. The molecule has 4 rings (SSSR count). The minimum absolute atomic E-state index is 0.0458. The molecular formula is C17H22N4OS. The van der Waals surface area contributed by atoms with Gasteiger partial charge in [-0.3, -0.25) is 14.7 Å². The first-order valence-electron chi connectivity index (χ1n) is 8.33. The van der Waals surface area contributed by atoms with Crippen molar-refractivity contribution in [3.63, 3.8) is 0 Å². The number of thiophene rings is 1. The minimum atomic E-state index is 0.0458. The number of fused-ring (bicyclic) bond motifs is 1. The highest BCUT2D eigenvalue weighted by Crippen LogP contribution is 2.23. The molecule has 6 heteroatoms. The van der Waals surface area contributed by atoms with E-state index in [-0.39, 0.29) is 5.56 Å². The van der Waals surface area contributed by atoms with Crippen LogP contribution in [-0.2, 0) is 19.5 Å². The fourth-order valence-electron chi connectivity index (χ4n) is 3.45. The van der Waals surface area contributed by atoms with Gasteiger partial charge in [-0.1, -0.05) is 0 Å². The van der Waals surface area contributed by atoms with Crippen molar-refractivity contribution in [2.24, 2.45) is 0 Å². The van der Waals surface area contributed by atoms with E-state index in [0.29, 0.717) is 6.54 Å². The Bertz CT molecular complexity index is 760. The topological polar surface area (TPSA) is 52.2 Å². The van der Waals surface area contributed by atoms with Gasteiger partial charge in [-0.15, -0.1) is 11.3 Å². The molecule has 0 amide bonds. The molecule has 0 aromatic carbocycles. The SMILES string of the molecule is Cc1ccsc1CN1CCc2nc(N3CCCC3)[nH]c(=O)c2C1. The summed E-state index contributed by atoms with van der Waals surface area (Å²) in [7, 11) is 0. The van der Waals surface area contributed by atoms with Crippen molar-refractivity contribution >= 4 is 17.3 Å². The number of H-pyrrole nitrogens is 1. The van der Waals surface area contributed by atoms with E-state index in [1.165, 1.54) is 23.3 Å². The molecule has 5 nitrogen and oxygen atoms in total. The number of nitrogens with one attached hydrogen (secondary N) is 1. The lowest BCUT2D eigenvalue weighted by Gasteiger charge is -2.28. The van der Waals surface area contributed by atoms with Gasteiger partial charge in [-0.2, -0.15) is 0 Å². The lowest BCUT2D eigenvalue weighted by Crippen LogP contribution is -2.36. The van der Waals surface area contributed by atoms with Crippen molar-refractivity contribution in [3.8, 4) is 0 Å². The predicted molar refractivity (Wildman–Crippen MR) is 93.2 cm³/mol. The van der Waals surface area contributed by atoms with Gasteiger partial charge in [0, 0.05) is 44.0 Å². The van der Waals surface area contributed by atoms with E-state index < -0.39 is 0 Å². The maximum Gasteiger partial charge on any atom is 0.257 e. The largest absolute Gasteiger partial charge is 0.342 e. The molecule has 0 aliphatic carbocycles. The second kappa shape index (κ2) is 6.09. The smallest absolute Gasteiger partial charge is 0.257 e. The van der Waals surface area contributed by atoms with Gasteiger partial charge in [0.15, 0.2) is 0 Å². The first-order chi connectivity index (χ1) is 11.2. The number of hydrogen-bond acceptors (Lipinski definition) is 5. The number of aryl methyl sites for hydroxylation is 1. The Morgan fingerprint density at radius 3 is 2.87 bits per heavy atom. The molecule has 1 N–H and O–H groups in total. The van der Waals surface area contributed by atoms with Crippen LogP contribution in [-0.4, -0.2) is 34.5 Å². The lowest BCUT2D eigenvalue weighted by atomic mass is 10.1. The van der Waals surface area contributed by atoms with Gasteiger partial charge >= 0.3 is 0 Å². The van der Waals surface area contributed by atoms with Crippen LogP contribution in [0.15, 0.2) is 16.2 Å². The zero-order chi connectivity index (χ0) is 15.8. The van der Waals surface area contributed by atoms with Crippen molar-refractivity contribution in [3.05, 3.63) is 43.5 Å². The van der Waals surface area contributed by atoms with Crippen molar-refractivity contribution in [2.45, 2.75) is 39.3 Å². The molecule has 2 aromatic rings. The van der Waals surface area contributed by atoms with Crippen LogP contribution >= 0.6 is 11.3 Å². The summed E-state index contributed by atoms with van der Waals surface area (Å²) >= 11 is 1.80. The third-order valence-corrected chi connectivity index (χ3v) is 5.88. The third kappa shape index (κ3) is 2.93. The second-order valence-corrected chi connectivity index (χ2v) is 7.50. The molecule has 0 saturated carbocycles. The van der Waals surface area contributed by atoms with Crippen LogP contribution in [0.25, 0.3) is 0 Å². The highest BCUT2D eigenvalue weighted by atomic mass is 32.1. The summed E-state index contributed by atoms with van der Waals surface area (Å²) in [5.41, 5.74) is 3.24. The number of rotatable bonds is 3. The first-order valence-corrected chi connectivity index (χ1v) is 9.21. The van der Waals surface area contributed by atoms with Crippen molar-refractivity contribution in [1.82, 2.24) is 14.9 Å². The van der Waals surface area contributed by atoms with Crippen LogP contribution in [0, 0.1) is 6.92 Å². The van der Waals surface area contributed by atoms with E-state index in [1.54, 1.807) is 11.3 Å². The first kappa shape index (κ1) is 14.9. The monoisotopic (exact) mass is 330 g/mol. The van der Waals surface area contributed by atoms with Gasteiger partial charge in [-0.05, 0) is 36.8 Å². The third-order valence-electron chi connectivity index (χ3n) is 4.88. The zero-order valence-corrected chi connectivity index (χ0v) is 14.3. The maximum absolute atomic E-state index is 12.5. The summed E-state index contributed by atoms with van der Waals surface area (Å²) in [4.78, 5) is 26.2. The van der Waals surface area contributed by atoms with E-state index in [0.717, 1.165) is 49.8 Å². The van der Waals surface area contributed by atoms with Gasteiger partial charge in [-0.25, -0.2) is 4.98 Å². The van der Waals surface area contributed by atoms with Crippen molar-refractivity contribution < 1.29 is 0 Å². The van der Waals surface area contributed by atoms with Crippen LogP contribution in [0.1, 0.15) is 34.5 Å². The van der Waals surface area contributed by atoms with Crippen LogP contribution in [0.5, 0.6) is 0 Å². The summed E-state index contributed by atoms with van der Waals surface area (Å²) < 4.78 is 0. The Balaban J connectivity index is 1.55. The van der Waals surface area contributed by atoms with Crippen LogP contribution < -0.4 is 10.5 Å². The fraction of sp³-hybridized carbons (Fsp3) is 0.529. The Labute approximate surface area is 140 Å². The molecular weight excluding hydrogens is 308 g/mol. The van der Waals surface area contributed by atoms with E-state index in [4.69, 9.17) is 4.98 Å². The zero-order valence-electron chi connectivity index (χ0n) is 13.5. The van der Waals surface area contributed by atoms with Crippen molar-refractivity contribution in [1.29, 1.82) is 0 Å². The Hall–Kier alpha value is -1.66. The Kier molecular flexibility index (Phi) is 3.95. The normalized spacial score (nSPS) is 18.4. The van der Waals surface area contributed by atoms with Gasteiger partial charge in [0.2, 0.25) is 5.95 Å². The summed E-state index contributed by atoms with van der Waals surface area (Å²) in [5, 5.41) is 2.14. The predicted octanol–water partition coefficient (Wildman–Crippen LogP) is 2.30. The summed E-state index contributed by atoms with van der Waals surface area (Å²) in [6, 6.07) is 2.16. The van der Waals surface area contributed by atoms with Crippen LogP contribution in [0.2, 0.25) is 0 Å². The van der Waals surface area contributed by atoms with E-state index in [2.05, 4.69) is 33.2 Å². The fourth-order valence-corrected chi connectivity index (χ4v) is 4.40. The number of aromatic nitrogens is 2. The molecule has 2 aliphatic heterocycles. The van der Waals surface area contributed by atoms with Crippen LogP contribution in [0.3, 0.4) is 0 Å². The molecule has 0 unspecified atom stereocenters. The van der Waals surface area contributed by atoms with E-state index in [9.17, 15) is 4.79 Å². The molecule has 0 atom stereocenters. The summed E-state index contributed by atoms with van der Waals surface area (Å²) in [5.74, 6) is 0.772. The van der Waals surface area contributed by atoms with E-state index >= 15 is 0 Å². The number of hydrogen-bond donors (Lipinski definition) is 1. The summed E-state index contributed by atoms with van der Waals surface area (Å²) in [6.07, 6.45) is 3.24. The standard InChI is InChI=1S/C17H22N4OS/c1-12-5-9-23-15(12)11-20-8-4-14-13(10-20)16(22)19-17(18-14)21-6-2-3-7-21/h5,9H,2-4,6-8,10-11H2,1H3,(H,18,19,22). The van der Waals surface area contributed by atoms with E-state index in [1.807, 2.05) is 0 Å². The maximum atomic E-state index is 12.5. The second-order valence-electron chi connectivity index (χ2n) is 6.50. The highest BCUT2D eigenvalue weighted by Gasteiger charge is 2.24. The highest BCUT2D eigenvalue weighted by molar-refractivity contribution is 7.10. The number of aromatic amines is 1. The average molecular weight is 330 g/mol. The molecule has 4 heterocycles. The Morgan fingerprint density at radius 1 is 1.30 bits per heavy atom. The number of nitrogens with zero attached hydrogens (tertiary/aromatic N) is 3. The summed E-state index contributed by atoms with van der Waals surface area (Å²) in [6.45, 7) is 6.77. The van der Waals surface area contributed by atoms with Gasteiger partial charge < -0.3 is 4.90 Å². The molecule has 1 fully saturated rings. The molecule has 0 radical (unpaired) electrons. The molecule has 122 valence electrons. The van der Waals surface area contributed by atoms with Crippen LogP contribution in [0.4, 0.5) is 5.95 Å². The molecule has 0 bridgehead atoms. The molecule has 2 aliphatic rings. The average Bonchev–Trinajstić information content (AvgIpc) is 3.20. The quantitative estimate of drug-likeness (QED) is 0.938. The molecule has 2 aromatic heterocycles. The molecule has 1 saturated heterocycles. The van der Waals surface area contributed by atoms with Gasteiger partial charge in [0.05, 0.1) is 11.3 Å². The van der Waals surface area contributed by atoms with Gasteiger partial charge in [0.25, 0.3) is 5.56 Å². The number of anilines is 1. The Morgan fingerprint density at radius 2 is 2.13 bits per heavy atom. The molecule has 23 heavy (non-hydrogen) atoms. The van der Waals surface area contributed by atoms with Gasteiger partial charge in [0.1, 0.15) is 0 Å². The van der Waals surface area contributed by atoms with Crippen molar-refractivity contribution in [2.75, 3.05) is 24.5 Å². The lowest BCUT2D eigenvalue weighted by molar-refractivity contribution is 0.243. The minimum Gasteiger partial charge on any atom is -0.342 e.